The molecular weight excluding hydrogens is 342 g/mol. The number of imide groups is 1. The zero-order valence-corrected chi connectivity index (χ0v) is 17.0. The Morgan fingerprint density at radius 1 is 1.44 bits per heavy atom. The fourth-order valence-corrected chi connectivity index (χ4v) is 4.06. The van der Waals surface area contributed by atoms with E-state index in [1.165, 1.54) is 6.08 Å². The van der Waals surface area contributed by atoms with Gasteiger partial charge in [-0.25, -0.2) is 9.69 Å². The molecule has 1 fully saturated rings. The van der Waals surface area contributed by atoms with Gasteiger partial charge < -0.3 is 19.0 Å². The molecule has 0 aliphatic carbocycles. The molecule has 0 aromatic heterocycles. The van der Waals surface area contributed by atoms with E-state index in [9.17, 15) is 14.7 Å². The summed E-state index contributed by atoms with van der Waals surface area (Å²) in [5.41, 5.74) is 0. The number of hydrogen-bond acceptors (Lipinski definition) is 5. The van der Waals surface area contributed by atoms with Gasteiger partial charge in [-0.2, -0.15) is 0 Å². The average Bonchev–Trinajstić information content (AvgIpc) is 2.97. The van der Waals surface area contributed by atoms with Crippen LogP contribution >= 0.6 is 0 Å². The highest BCUT2D eigenvalue weighted by Gasteiger charge is 2.50. The highest BCUT2D eigenvalue weighted by Crippen LogP contribution is 2.40. The van der Waals surface area contributed by atoms with E-state index >= 15 is 0 Å². The van der Waals surface area contributed by atoms with Gasteiger partial charge in [0.1, 0.15) is 6.10 Å². The minimum absolute atomic E-state index is 0.0688. The lowest BCUT2D eigenvalue weighted by Gasteiger charge is -2.43. The van der Waals surface area contributed by atoms with Crippen LogP contribution < -0.4 is 0 Å². The van der Waals surface area contributed by atoms with Gasteiger partial charge in [0.05, 0.1) is 18.8 Å². The SMILES string of the molecule is CC1(C)OC[C@H]([C@@H](O[Si](C)(C)C(C)(C)C)[C@H]2C=CC(=O)N2C(=O)O)O1. The minimum Gasteiger partial charge on any atom is -0.465 e. The van der Waals surface area contributed by atoms with Crippen molar-refractivity contribution >= 4 is 20.3 Å². The number of ether oxygens (including phenoxy) is 2. The molecule has 3 atom stereocenters. The van der Waals surface area contributed by atoms with E-state index in [4.69, 9.17) is 13.9 Å². The molecule has 0 aromatic rings. The van der Waals surface area contributed by atoms with Crippen LogP contribution in [0.25, 0.3) is 0 Å². The molecule has 7 nitrogen and oxygen atoms in total. The van der Waals surface area contributed by atoms with Gasteiger partial charge in [0.15, 0.2) is 14.1 Å². The van der Waals surface area contributed by atoms with Gasteiger partial charge in [0.25, 0.3) is 5.91 Å². The molecule has 2 rings (SSSR count). The van der Waals surface area contributed by atoms with E-state index in [0.717, 1.165) is 4.90 Å². The molecule has 0 bridgehead atoms. The first-order valence-corrected chi connectivity index (χ1v) is 11.4. The standard InChI is InChI=1S/C17H29NO6Si/c1-16(2,3)25(6,7)24-14(12-10-22-17(4,5)23-12)11-8-9-13(19)18(11)15(20)21/h8-9,11-12,14H,10H2,1-7H3,(H,20,21)/t11-,12-,14+/m1/s1. The first kappa shape index (κ1) is 20.1. The fourth-order valence-electron chi connectivity index (χ4n) is 2.73. The van der Waals surface area contributed by atoms with Gasteiger partial charge in [-0.15, -0.1) is 0 Å². The van der Waals surface area contributed by atoms with E-state index in [-0.39, 0.29) is 11.6 Å². The summed E-state index contributed by atoms with van der Waals surface area (Å²) in [6.45, 7) is 14.4. The average molecular weight is 372 g/mol. The van der Waals surface area contributed by atoms with E-state index in [1.54, 1.807) is 19.9 Å². The van der Waals surface area contributed by atoms with Crippen LogP contribution in [-0.2, 0) is 18.7 Å². The second-order valence-corrected chi connectivity index (χ2v) is 13.3. The van der Waals surface area contributed by atoms with E-state index in [0.29, 0.717) is 0 Å². The number of nitrogens with zero attached hydrogens (tertiary/aromatic N) is 1. The molecule has 1 saturated heterocycles. The van der Waals surface area contributed by atoms with Crippen LogP contribution in [-0.4, -0.2) is 61.0 Å². The van der Waals surface area contributed by atoms with Crippen LogP contribution in [0.3, 0.4) is 0 Å². The molecule has 25 heavy (non-hydrogen) atoms. The molecule has 0 radical (unpaired) electrons. The first-order chi connectivity index (χ1) is 11.3. The summed E-state index contributed by atoms with van der Waals surface area (Å²) in [4.78, 5) is 24.4. The number of carbonyl (C=O) groups is 2. The summed E-state index contributed by atoms with van der Waals surface area (Å²) >= 11 is 0. The molecule has 142 valence electrons. The van der Waals surface area contributed by atoms with Gasteiger partial charge in [-0.05, 0) is 32.0 Å². The van der Waals surface area contributed by atoms with E-state index in [1.807, 2.05) is 0 Å². The summed E-state index contributed by atoms with van der Waals surface area (Å²) in [7, 11) is -2.24. The maximum Gasteiger partial charge on any atom is 0.414 e. The third kappa shape index (κ3) is 4.13. The lowest BCUT2D eigenvalue weighted by atomic mass is 10.1. The Balaban J connectivity index is 2.35. The second kappa shape index (κ2) is 6.50. The molecule has 0 unspecified atom stereocenters. The van der Waals surface area contributed by atoms with Crippen molar-refractivity contribution in [2.45, 2.75) is 76.8 Å². The maximum atomic E-state index is 12.0. The fraction of sp³-hybridized carbons (Fsp3) is 0.765. The third-order valence-electron chi connectivity index (χ3n) is 5.15. The lowest BCUT2D eigenvalue weighted by Crippen LogP contribution is -2.56. The highest BCUT2D eigenvalue weighted by atomic mass is 28.4. The highest BCUT2D eigenvalue weighted by molar-refractivity contribution is 6.74. The number of hydrogen-bond donors (Lipinski definition) is 1. The summed E-state index contributed by atoms with van der Waals surface area (Å²) in [5.74, 6) is -1.32. The van der Waals surface area contributed by atoms with Gasteiger partial charge in [-0.1, -0.05) is 26.8 Å². The minimum atomic E-state index is -2.24. The first-order valence-electron chi connectivity index (χ1n) is 8.49. The smallest absolute Gasteiger partial charge is 0.414 e. The molecule has 0 spiro atoms. The molecule has 2 amide bonds. The summed E-state index contributed by atoms with van der Waals surface area (Å²) < 4.78 is 18.1. The monoisotopic (exact) mass is 371 g/mol. The summed E-state index contributed by atoms with van der Waals surface area (Å²) in [5, 5.41) is 9.39. The zero-order chi connectivity index (χ0) is 19.2. The van der Waals surface area contributed by atoms with Gasteiger partial charge in [0, 0.05) is 6.08 Å². The predicted molar refractivity (Wildman–Crippen MR) is 94.8 cm³/mol. The molecule has 8 heteroatoms. The van der Waals surface area contributed by atoms with Gasteiger partial charge in [0.2, 0.25) is 0 Å². The Hall–Kier alpha value is -1.22. The Labute approximate surface area is 150 Å². The van der Waals surface area contributed by atoms with Crippen LogP contribution in [0.5, 0.6) is 0 Å². The largest absolute Gasteiger partial charge is 0.465 e. The Morgan fingerprint density at radius 3 is 2.48 bits per heavy atom. The second-order valence-electron chi connectivity index (χ2n) is 8.55. The Bertz CT molecular complexity index is 580. The van der Waals surface area contributed by atoms with E-state index in [2.05, 4.69) is 33.9 Å². The third-order valence-corrected chi connectivity index (χ3v) is 9.62. The van der Waals surface area contributed by atoms with Crippen molar-refractivity contribution in [1.29, 1.82) is 0 Å². The van der Waals surface area contributed by atoms with Gasteiger partial charge >= 0.3 is 6.09 Å². The topological polar surface area (TPSA) is 85.3 Å². The number of rotatable bonds is 4. The number of carbonyl (C=O) groups excluding carboxylic acids is 1. The molecule has 1 N–H and O–H groups in total. The summed E-state index contributed by atoms with van der Waals surface area (Å²) in [6.07, 6.45) is 0.514. The van der Waals surface area contributed by atoms with Crippen molar-refractivity contribution in [3.63, 3.8) is 0 Å². The predicted octanol–water partition coefficient (Wildman–Crippen LogP) is 2.97. The van der Waals surface area contributed by atoms with Crippen molar-refractivity contribution in [2.24, 2.45) is 0 Å². The Kier molecular flexibility index (Phi) is 5.22. The molecule has 2 heterocycles. The van der Waals surface area contributed by atoms with E-state index < -0.39 is 44.4 Å². The molecule has 0 aromatic carbocycles. The number of carboxylic acid groups (broad SMARTS) is 1. The maximum absolute atomic E-state index is 12.0. The lowest BCUT2D eigenvalue weighted by molar-refractivity contribution is -0.153. The number of amides is 2. The van der Waals surface area contributed by atoms with Crippen molar-refractivity contribution in [1.82, 2.24) is 4.90 Å². The van der Waals surface area contributed by atoms with Crippen LogP contribution in [0.2, 0.25) is 18.1 Å². The van der Waals surface area contributed by atoms with Crippen molar-refractivity contribution in [2.75, 3.05) is 6.61 Å². The van der Waals surface area contributed by atoms with Crippen LogP contribution in [0.1, 0.15) is 34.6 Å². The molecular formula is C17H29NO6Si. The Morgan fingerprint density at radius 2 is 2.04 bits per heavy atom. The van der Waals surface area contributed by atoms with Crippen molar-refractivity contribution in [3.8, 4) is 0 Å². The summed E-state index contributed by atoms with van der Waals surface area (Å²) in [6, 6.07) is -0.721. The van der Waals surface area contributed by atoms with Gasteiger partial charge in [-0.3, -0.25) is 4.79 Å². The van der Waals surface area contributed by atoms with Crippen molar-refractivity contribution < 1.29 is 28.6 Å². The quantitative estimate of drug-likeness (QED) is 0.765. The molecule has 0 saturated carbocycles. The molecule has 2 aliphatic heterocycles. The zero-order valence-electron chi connectivity index (χ0n) is 16.0. The normalized spacial score (nSPS) is 27.8. The molecule has 2 aliphatic rings. The van der Waals surface area contributed by atoms with Crippen LogP contribution in [0, 0.1) is 0 Å². The van der Waals surface area contributed by atoms with Crippen LogP contribution in [0.4, 0.5) is 4.79 Å². The van der Waals surface area contributed by atoms with Crippen LogP contribution in [0.15, 0.2) is 12.2 Å². The van der Waals surface area contributed by atoms with Crippen molar-refractivity contribution in [3.05, 3.63) is 12.2 Å².